The molecule has 5 heteroatoms. The van der Waals surface area contributed by atoms with Gasteiger partial charge < -0.3 is 19.4 Å². The topological polar surface area (TPSA) is 55.9 Å². The Balaban J connectivity index is 1.33. The predicted molar refractivity (Wildman–Crippen MR) is 111 cm³/mol. The molecule has 1 fully saturated rings. The second-order valence-corrected chi connectivity index (χ2v) is 7.44. The van der Waals surface area contributed by atoms with Crippen molar-refractivity contribution in [3.8, 4) is 5.75 Å². The SMILES string of the molecule is O=C(NC[C@@H](c1ccco1)[NH+]1CCCC1)c1ccc(COc2ccccc2)cc1. The number of ether oxygens (including phenoxy) is 1. The van der Waals surface area contributed by atoms with E-state index in [1.165, 1.54) is 17.7 Å². The molecule has 150 valence electrons. The van der Waals surface area contributed by atoms with Crippen molar-refractivity contribution in [3.63, 3.8) is 0 Å². The van der Waals surface area contributed by atoms with Crippen LogP contribution in [0.15, 0.2) is 77.4 Å². The molecular formula is C24H27N2O3+. The third-order valence-electron chi connectivity index (χ3n) is 5.46. The number of furan rings is 1. The number of para-hydroxylation sites is 1. The number of carbonyl (C=O) groups is 1. The van der Waals surface area contributed by atoms with Gasteiger partial charge in [-0.2, -0.15) is 0 Å². The molecule has 4 rings (SSSR count). The summed E-state index contributed by atoms with van der Waals surface area (Å²) >= 11 is 0. The molecule has 2 aromatic carbocycles. The van der Waals surface area contributed by atoms with Gasteiger partial charge in [0, 0.05) is 18.4 Å². The van der Waals surface area contributed by atoms with Crippen LogP contribution < -0.4 is 15.0 Å². The van der Waals surface area contributed by atoms with Gasteiger partial charge in [-0.15, -0.1) is 0 Å². The molecular weight excluding hydrogens is 364 g/mol. The van der Waals surface area contributed by atoms with Crippen molar-refractivity contribution < 1.29 is 18.8 Å². The summed E-state index contributed by atoms with van der Waals surface area (Å²) < 4.78 is 11.4. The van der Waals surface area contributed by atoms with Gasteiger partial charge in [0.1, 0.15) is 12.4 Å². The van der Waals surface area contributed by atoms with Crippen molar-refractivity contribution in [2.24, 2.45) is 0 Å². The summed E-state index contributed by atoms with van der Waals surface area (Å²) in [6, 6.07) is 21.4. The number of quaternary nitrogens is 1. The molecule has 0 aliphatic carbocycles. The van der Waals surface area contributed by atoms with Crippen molar-refractivity contribution >= 4 is 5.91 Å². The second kappa shape index (κ2) is 9.43. The summed E-state index contributed by atoms with van der Waals surface area (Å²) in [4.78, 5) is 14.1. The molecule has 0 saturated carbocycles. The minimum absolute atomic E-state index is 0.0596. The van der Waals surface area contributed by atoms with Gasteiger partial charge in [-0.3, -0.25) is 4.79 Å². The quantitative estimate of drug-likeness (QED) is 0.621. The smallest absolute Gasteiger partial charge is 0.251 e. The Morgan fingerprint density at radius 3 is 2.45 bits per heavy atom. The lowest BCUT2D eigenvalue weighted by molar-refractivity contribution is -0.919. The number of carbonyl (C=O) groups excluding carboxylic acids is 1. The van der Waals surface area contributed by atoms with E-state index >= 15 is 0 Å². The molecule has 1 amide bonds. The number of hydrogen-bond donors (Lipinski definition) is 2. The fourth-order valence-electron chi connectivity index (χ4n) is 3.85. The zero-order chi connectivity index (χ0) is 19.9. The Bertz CT molecular complexity index is 886. The maximum atomic E-state index is 12.6. The van der Waals surface area contributed by atoms with Gasteiger partial charge in [-0.05, 0) is 42.0 Å². The van der Waals surface area contributed by atoms with Crippen LogP contribution in [-0.4, -0.2) is 25.5 Å². The Morgan fingerprint density at radius 2 is 1.76 bits per heavy atom. The third kappa shape index (κ3) is 5.06. The molecule has 2 N–H and O–H groups in total. The van der Waals surface area contributed by atoms with Crippen LogP contribution >= 0.6 is 0 Å². The summed E-state index contributed by atoms with van der Waals surface area (Å²) in [5, 5.41) is 3.09. The van der Waals surface area contributed by atoms with Crippen molar-refractivity contribution in [2.45, 2.75) is 25.5 Å². The van der Waals surface area contributed by atoms with Crippen molar-refractivity contribution in [2.75, 3.05) is 19.6 Å². The second-order valence-electron chi connectivity index (χ2n) is 7.44. The van der Waals surface area contributed by atoms with Gasteiger partial charge in [0.25, 0.3) is 5.91 Å². The van der Waals surface area contributed by atoms with E-state index in [4.69, 9.17) is 9.15 Å². The normalized spacial score (nSPS) is 15.2. The standard InChI is InChI=1S/C24H26N2O3/c27-24(25-17-22(23-9-6-16-28-23)26-14-4-5-15-26)20-12-10-19(11-13-20)18-29-21-7-2-1-3-8-21/h1-3,6-13,16,22H,4-5,14-15,17-18H2,(H,25,27)/p+1/t22-/m0/s1. The number of amides is 1. The summed E-state index contributed by atoms with van der Waals surface area (Å²) in [6.07, 6.45) is 4.16. The molecule has 1 saturated heterocycles. The van der Waals surface area contributed by atoms with E-state index in [2.05, 4.69) is 5.32 Å². The highest BCUT2D eigenvalue weighted by Crippen LogP contribution is 2.14. The van der Waals surface area contributed by atoms with Crippen molar-refractivity contribution in [1.82, 2.24) is 5.32 Å². The van der Waals surface area contributed by atoms with Crippen LogP contribution in [0.3, 0.4) is 0 Å². The van der Waals surface area contributed by atoms with Crippen molar-refractivity contribution in [3.05, 3.63) is 89.9 Å². The third-order valence-corrected chi connectivity index (χ3v) is 5.46. The van der Waals surface area contributed by atoms with E-state index < -0.39 is 0 Å². The van der Waals surface area contributed by atoms with Crippen LogP contribution in [0.4, 0.5) is 0 Å². The van der Waals surface area contributed by atoms with Gasteiger partial charge in [0.05, 0.1) is 25.9 Å². The number of benzene rings is 2. The molecule has 0 radical (unpaired) electrons. The highest BCUT2D eigenvalue weighted by atomic mass is 16.5. The number of likely N-dealkylation sites (tertiary alicyclic amines) is 1. The van der Waals surface area contributed by atoms with Crippen LogP contribution in [0.1, 0.15) is 40.6 Å². The maximum Gasteiger partial charge on any atom is 0.251 e. The maximum absolute atomic E-state index is 12.6. The molecule has 0 spiro atoms. The molecule has 1 aliphatic rings. The van der Waals surface area contributed by atoms with Crippen LogP contribution in [-0.2, 0) is 6.61 Å². The molecule has 0 unspecified atom stereocenters. The molecule has 5 nitrogen and oxygen atoms in total. The largest absolute Gasteiger partial charge is 0.489 e. The Hall–Kier alpha value is -3.05. The molecule has 29 heavy (non-hydrogen) atoms. The van der Waals surface area contributed by atoms with Gasteiger partial charge in [0.2, 0.25) is 0 Å². The first-order chi connectivity index (χ1) is 14.3. The molecule has 3 aromatic rings. The first-order valence-electron chi connectivity index (χ1n) is 10.2. The van der Waals surface area contributed by atoms with E-state index in [1.807, 2.05) is 66.7 Å². The highest BCUT2D eigenvalue weighted by Gasteiger charge is 2.29. The van der Waals surface area contributed by atoms with Gasteiger partial charge >= 0.3 is 0 Å². The lowest BCUT2D eigenvalue weighted by atomic mass is 10.1. The summed E-state index contributed by atoms with van der Waals surface area (Å²) in [5.41, 5.74) is 1.68. The highest BCUT2D eigenvalue weighted by molar-refractivity contribution is 5.94. The van der Waals surface area contributed by atoms with Crippen LogP contribution in [0.25, 0.3) is 0 Å². The summed E-state index contributed by atoms with van der Waals surface area (Å²) in [6.45, 7) is 3.29. The van der Waals surface area contributed by atoms with E-state index in [0.717, 1.165) is 30.2 Å². The van der Waals surface area contributed by atoms with Crippen LogP contribution in [0.2, 0.25) is 0 Å². The van der Waals surface area contributed by atoms with E-state index in [0.29, 0.717) is 18.7 Å². The lowest BCUT2D eigenvalue weighted by Gasteiger charge is -2.23. The van der Waals surface area contributed by atoms with Gasteiger partial charge in [0.15, 0.2) is 11.8 Å². The van der Waals surface area contributed by atoms with Crippen LogP contribution in [0.5, 0.6) is 5.75 Å². The molecule has 2 heterocycles. The average molecular weight is 391 g/mol. The van der Waals surface area contributed by atoms with Crippen molar-refractivity contribution in [1.29, 1.82) is 0 Å². The Labute approximate surface area is 171 Å². The molecule has 1 aromatic heterocycles. The number of hydrogen-bond acceptors (Lipinski definition) is 3. The van der Waals surface area contributed by atoms with E-state index in [1.54, 1.807) is 6.26 Å². The minimum Gasteiger partial charge on any atom is -0.489 e. The van der Waals surface area contributed by atoms with Crippen LogP contribution in [0, 0.1) is 0 Å². The molecule has 0 bridgehead atoms. The number of nitrogens with one attached hydrogen (secondary N) is 2. The minimum atomic E-state index is -0.0596. The lowest BCUT2D eigenvalue weighted by Crippen LogP contribution is -3.11. The first kappa shape index (κ1) is 19.3. The monoisotopic (exact) mass is 391 g/mol. The summed E-state index contributed by atoms with van der Waals surface area (Å²) in [5.74, 6) is 1.72. The number of rotatable bonds is 8. The predicted octanol–water partition coefficient (Wildman–Crippen LogP) is 3.01. The first-order valence-corrected chi connectivity index (χ1v) is 10.2. The Kier molecular flexibility index (Phi) is 6.27. The Morgan fingerprint density at radius 1 is 1.00 bits per heavy atom. The fraction of sp³-hybridized carbons (Fsp3) is 0.292. The van der Waals surface area contributed by atoms with E-state index in [-0.39, 0.29) is 11.9 Å². The zero-order valence-corrected chi connectivity index (χ0v) is 16.5. The molecule has 1 atom stereocenters. The summed E-state index contributed by atoms with van der Waals surface area (Å²) in [7, 11) is 0. The van der Waals surface area contributed by atoms with Gasteiger partial charge in [-0.1, -0.05) is 30.3 Å². The fourth-order valence-corrected chi connectivity index (χ4v) is 3.85. The molecule has 1 aliphatic heterocycles. The van der Waals surface area contributed by atoms with E-state index in [9.17, 15) is 4.79 Å². The van der Waals surface area contributed by atoms with Gasteiger partial charge in [-0.25, -0.2) is 0 Å². The zero-order valence-electron chi connectivity index (χ0n) is 16.5. The average Bonchev–Trinajstić information content (AvgIpc) is 3.48.